The van der Waals surface area contributed by atoms with E-state index in [2.05, 4.69) is 31.4 Å². The van der Waals surface area contributed by atoms with Gasteiger partial charge in [-0.25, -0.2) is 0 Å². The quantitative estimate of drug-likeness (QED) is 0.160. The third-order valence-electron chi connectivity index (χ3n) is 5.03. The molecule has 0 fully saturated rings. The Morgan fingerprint density at radius 1 is 1.17 bits per heavy atom. The Hall–Kier alpha value is -0.660. The number of hydrogen-bond acceptors (Lipinski definition) is 5. The van der Waals surface area contributed by atoms with Gasteiger partial charge in [-0.05, 0) is 0 Å². The summed E-state index contributed by atoms with van der Waals surface area (Å²) in [4.78, 5) is 25.1. The van der Waals surface area contributed by atoms with E-state index in [1.807, 2.05) is 33.5 Å². The van der Waals surface area contributed by atoms with E-state index in [0.717, 1.165) is 0 Å². The first-order chi connectivity index (χ1) is 14.1. The second-order valence-corrected chi connectivity index (χ2v) is 25.2. The van der Waals surface area contributed by atoms with Gasteiger partial charge < -0.3 is 10.2 Å². The molecule has 1 rings (SSSR count). The Kier molecular flexibility index (Phi) is 11.9. The molecular weight excluding hydrogens is 604 g/mol. The molecule has 1 atom stereocenters. The van der Waals surface area contributed by atoms with Crippen molar-refractivity contribution < 1.29 is 37.7 Å². The molecule has 0 aliphatic rings. The molecule has 30 heavy (non-hydrogen) atoms. The molecule has 2 amide bonds. The first-order valence-electron chi connectivity index (χ1n) is 10.1. The van der Waals surface area contributed by atoms with E-state index in [9.17, 15) is 19.8 Å². The summed E-state index contributed by atoms with van der Waals surface area (Å²) in [7, 11) is 2.00. The minimum atomic E-state index is -1.38. The summed E-state index contributed by atoms with van der Waals surface area (Å²) < 4.78 is 0. The van der Waals surface area contributed by atoms with Crippen molar-refractivity contribution in [2.45, 2.75) is 45.6 Å². The number of anilines is 1. The number of benzene rings is 1. The van der Waals surface area contributed by atoms with E-state index in [0.29, 0.717) is 5.69 Å². The van der Waals surface area contributed by atoms with Gasteiger partial charge in [-0.15, -0.1) is 0 Å². The zero-order valence-corrected chi connectivity index (χ0v) is 22.3. The predicted molar refractivity (Wildman–Crippen MR) is 125 cm³/mol. The number of hydrogen-bond donors (Lipinski definition) is 4. The van der Waals surface area contributed by atoms with Gasteiger partial charge in [-0.2, -0.15) is 0 Å². The van der Waals surface area contributed by atoms with E-state index in [1.165, 1.54) is 35.7 Å². The summed E-state index contributed by atoms with van der Waals surface area (Å²) in [5.41, 5.74) is -0.279. The van der Waals surface area contributed by atoms with Crippen LogP contribution in [0.15, 0.2) is 41.4 Å². The van der Waals surface area contributed by atoms with Crippen LogP contribution in [0.2, 0.25) is 0 Å². The number of nitrogens with one attached hydrogen (secondary N) is 2. The first-order valence-corrected chi connectivity index (χ1v) is 19.0. The SMILES string of the molecule is CC[PH](CC)(CC)[Au-][S]c1ccc(NC(=O)/C=C/NC(=O)C(O)C(C)(C)CO)cc1. The number of aliphatic hydroxyl groups is 2. The maximum atomic E-state index is 12.0. The monoisotopic (exact) mass is 639 g/mol. The molecule has 0 aromatic heterocycles. The zero-order valence-electron chi connectivity index (χ0n) is 18.3. The van der Waals surface area contributed by atoms with Gasteiger partial charge in [-0.1, -0.05) is 13.8 Å². The van der Waals surface area contributed by atoms with Crippen molar-refractivity contribution in [3.05, 3.63) is 36.5 Å². The van der Waals surface area contributed by atoms with E-state index in [4.69, 9.17) is 0 Å². The molecule has 1 aromatic carbocycles. The topological polar surface area (TPSA) is 98.7 Å². The van der Waals surface area contributed by atoms with E-state index < -0.39 is 22.6 Å². The zero-order chi connectivity index (χ0) is 22.8. The van der Waals surface area contributed by atoms with E-state index in [1.54, 1.807) is 13.8 Å². The van der Waals surface area contributed by atoms with Crippen molar-refractivity contribution in [3.8, 4) is 0 Å². The van der Waals surface area contributed by atoms with Crippen LogP contribution in [0.5, 0.6) is 0 Å². The summed E-state index contributed by atoms with van der Waals surface area (Å²) in [6, 6.07) is 7.84. The average Bonchev–Trinajstić information content (AvgIpc) is 2.75. The third-order valence-corrected chi connectivity index (χ3v) is 29.2. The van der Waals surface area contributed by atoms with Gasteiger partial charge in [0.15, 0.2) is 0 Å². The molecule has 0 radical (unpaired) electrons. The van der Waals surface area contributed by atoms with Crippen molar-refractivity contribution in [2.75, 3.05) is 30.4 Å². The van der Waals surface area contributed by atoms with Crippen molar-refractivity contribution >= 4 is 31.9 Å². The summed E-state index contributed by atoms with van der Waals surface area (Å²) >= 11 is 0.244. The van der Waals surface area contributed by atoms with Crippen LogP contribution in [-0.4, -0.2) is 53.2 Å². The van der Waals surface area contributed by atoms with E-state index >= 15 is 0 Å². The molecule has 1 aromatic rings. The Labute approximate surface area is 192 Å². The van der Waals surface area contributed by atoms with Crippen LogP contribution in [0.1, 0.15) is 34.6 Å². The molecule has 0 aliphatic heterocycles. The second-order valence-electron chi connectivity index (χ2n) is 7.66. The summed E-state index contributed by atoms with van der Waals surface area (Å²) in [5, 5.41) is 23.1. The molecular formula is C21H35AuN2O4PS-. The molecule has 0 aliphatic carbocycles. The molecule has 0 saturated carbocycles. The van der Waals surface area contributed by atoms with Crippen molar-refractivity contribution in [2.24, 2.45) is 5.41 Å². The van der Waals surface area contributed by atoms with Gasteiger partial charge in [0.25, 0.3) is 0 Å². The van der Waals surface area contributed by atoms with Gasteiger partial charge in [0, 0.05) is 5.41 Å². The van der Waals surface area contributed by atoms with Crippen molar-refractivity contribution in [1.29, 1.82) is 0 Å². The van der Waals surface area contributed by atoms with Gasteiger partial charge in [0.05, 0.1) is 6.61 Å². The number of carbonyl (C=O) groups is 2. The molecule has 0 bridgehead atoms. The van der Waals surface area contributed by atoms with Gasteiger partial charge >= 0.3 is 157 Å². The van der Waals surface area contributed by atoms with Crippen LogP contribution < -0.4 is 10.6 Å². The van der Waals surface area contributed by atoms with Gasteiger partial charge in [-0.3, -0.25) is 0 Å². The van der Waals surface area contributed by atoms with Gasteiger partial charge in [0.1, 0.15) is 0 Å². The maximum absolute atomic E-state index is 12.0. The average molecular weight is 640 g/mol. The van der Waals surface area contributed by atoms with Crippen LogP contribution >= 0.6 is 14.4 Å². The molecule has 1 unspecified atom stereocenters. The fraction of sp³-hybridized carbons (Fsp3) is 0.524. The normalized spacial score (nSPS) is 14.0. The number of carbonyl (C=O) groups excluding carboxylic acids is 2. The van der Waals surface area contributed by atoms with E-state index in [-0.39, 0.29) is 30.4 Å². The molecule has 9 heteroatoms. The molecule has 0 saturated heterocycles. The first kappa shape index (κ1) is 27.4. The number of rotatable bonds is 12. The summed E-state index contributed by atoms with van der Waals surface area (Å²) in [6.07, 6.45) is 5.04. The van der Waals surface area contributed by atoms with Gasteiger partial charge in [0.2, 0.25) is 0 Å². The van der Waals surface area contributed by atoms with Crippen LogP contribution in [0, 0.1) is 5.41 Å². The molecule has 0 spiro atoms. The minimum absolute atomic E-state index is 0.244. The fourth-order valence-corrected chi connectivity index (χ4v) is 21.9. The Morgan fingerprint density at radius 2 is 1.73 bits per heavy atom. The Balaban J connectivity index is 2.55. The molecule has 176 valence electrons. The summed E-state index contributed by atoms with van der Waals surface area (Å²) in [5.74, 6) is -1.05. The number of amides is 2. The second kappa shape index (κ2) is 13.0. The van der Waals surface area contributed by atoms with Crippen LogP contribution in [0.25, 0.3) is 0 Å². The third kappa shape index (κ3) is 8.46. The Bertz CT molecular complexity index is 716. The van der Waals surface area contributed by atoms with Crippen LogP contribution in [-0.2, 0) is 27.5 Å². The molecule has 0 heterocycles. The van der Waals surface area contributed by atoms with Crippen LogP contribution in [0.3, 0.4) is 0 Å². The standard InChI is InChI=1S/C15H20N2O4S.C6H15P.Au/c1-15(2,9-18)13(20)14(21)16-8-7-12(19)17-10-3-5-11(22)6-4-10;1-4-7(5-2)6-3;/h3-8,13,18,20,22H,9H2,1-2H3,(H,16,21)(H,17,19);4-6H2,1-3H3;/q;;-1/b8-7+;;. The molecule has 6 nitrogen and oxygen atoms in total. The number of aliphatic hydroxyl groups excluding tert-OH is 2. The fourth-order valence-electron chi connectivity index (χ4n) is 2.46. The van der Waals surface area contributed by atoms with Crippen molar-refractivity contribution in [3.63, 3.8) is 0 Å². The molecule has 4 N–H and O–H groups in total. The van der Waals surface area contributed by atoms with Crippen molar-refractivity contribution in [1.82, 2.24) is 5.32 Å². The summed E-state index contributed by atoms with van der Waals surface area (Å²) in [6.45, 7) is 9.82. The Morgan fingerprint density at radius 3 is 2.23 bits per heavy atom. The van der Waals surface area contributed by atoms with Crippen LogP contribution in [0.4, 0.5) is 5.69 Å². The predicted octanol–water partition coefficient (Wildman–Crippen LogP) is 3.45.